The molecular weight excluding hydrogens is 218 g/mol. The number of aryl methyl sites for hydroxylation is 2. The molecule has 0 atom stereocenters. The van der Waals surface area contributed by atoms with Crippen molar-refractivity contribution in [2.24, 2.45) is 0 Å². The Labute approximate surface area is 101 Å². The average Bonchev–Trinajstić information content (AvgIpc) is 2.75. The third-order valence-electron chi connectivity index (χ3n) is 2.89. The number of carboxylic acids is 1. The summed E-state index contributed by atoms with van der Waals surface area (Å²) in [4.78, 5) is 10.3. The van der Waals surface area contributed by atoms with Crippen LogP contribution in [0.1, 0.15) is 17.5 Å². The number of benzene rings is 1. The van der Waals surface area contributed by atoms with Gasteiger partial charge in [0, 0.05) is 6.54 Å². The molecule has 0 saturated heterocycles. The van der Waals surface area contributed by atoms with Crippen molar-refractivity contribution >= 4 is 5.97 Å². The highest BCUT2D eigenvalue weighted by atomic mass is 16.5. The molecule has 17 heavy (non-hydrogen) atoms. The molecule has 0 amide bonds. The predicted octanol–water partition coefficient (Wildman–Crippen LogP) is 1.23. The van der Waals surface area contributed by atoms with E-state index in [-0.39, 0.29) is 6.54 Å². The van der Waals surface area contributed by atoms with Crippen LogP contribution in [0.3, 0.4) is 0 Å². The van der Waals surface area contributed by atoms with Gasteiger partial charge in [-0.15, -0.1) is 0 Å². The van der Waals surface area contributed by atoms with Crippen molar-refractivity contribution in [3.05, 3.63) is 29.3 Å². The molecule has 1 aliphatic rings. The highest BCUT2D eigenvalue weighted by Gasteiger charge is 2.10. The molecule has 0 aromatic heterocycles. The Morgan fingerprint density at radius 1 is 1.35 bits per heavy atom. The van der Waals surface area contributed by atoms with E-state index < -0.39 is 5.97 Å². The summed E-state index contributed by atoms with van der Waals surface area (Å²) in [5.41, 5.74) is 2.82. The van der Waals surface area contributed by atoms with Crippen molar-refractivity contribution in [2.45, 2.75) is 19.3 Å². The second kappa shape index (κ2) is 5.68. The molecule has 0 unspecified atom stereocenters. The molecule has 0 heterocycles. The van der Waals surface area contributed by atoms with Crippen LogP contribution in [0.5, 0.6) is 5.75 Å². The number of nitrogens with one attached hydrogen (secondary N) is 1. The lowest BCUT2D eigenvalue weighted by Crippen LogP contribution is -2.26. The van der Waals surface area contributed by atoms with Gasteiger partial charge in [0.25, 0.3) is 0 Å². The summed E-state index contributed by atoms with van der Waals surface area (Å²) in [7, 11) is 0. The van der Waals surface area contributed by atoms with Crippen molar-refractivity contribution in [3.8, 4) is 5.75 Å². The first-order valence-corrected chi connectivity index (χ1v) is 5.93. The fourth-order valence-electron chi connectivity index (χ4n) is 2.07. The van der Waals surface area contributed by atoms with E-state index in [1.807, 2.05) is 6.07 Å². The number of ether oxygens (including phenoxy) is 1. The number of aliphatic carboxylic acids is 1. The van der Waals surface area contributed by atoms with Gasteiger partial charge in [-0.05, 0) is 42.5 Å². The standard InChI is InChI=1S/C13H17NO3/c15-13(16)9-14-6-7-17-12-5-4-10-2-1-3-11(10)8-12/h4-5,8,14H,1-3,6-7,9H2,(H,15,16). The smallest absolute Gasteiger partial charge is 0.317 e. The van der Waals surface area contributed by atoms with Crippen molar-refractivity contribution in [1.29, 1.82) is 0 Å². The summed E-state index contributed by atoms with van der Waals surface area (Å²) < 4.78 is 5.56. The van der Waals surface area contributed by atoms with E-state index in [4.69, 9.17) is 9.84 Å². The molecule has 1 aromatic carbocycles. The van der Waals surface area contributed by atoms with Gasteiger partial charge in [-0.2, -0.15) is 0 Å². The largest absolute Gasteiger partial charge is 0.492 e. The van der Waals surface area contributed by atoms with Crippen LogP contribution in [-0.2, 0) is 17.6 Å². The molecule has 1 aliphatic carbocycles. The Kier molecular flexibility index (Phi) is 3.98. The summed E-state index contributed by atoms with van der Waals surface area (Å²) >= 11 is 0. The molecule has 4 nitrogen and oxygen atoms in total. The Morgan fingerprint density at radius 3 is 3.00 bits per heavy atom. The van der Waals surface area contributed by atoms with Crippen LogP contribution in [0.15, 0.2) is 18.2 Å². The van der Waals surface area contributed by atoms with E-state index in [1.165, 1.54) is 24.0 Å². The van der Waals surface area contributed by atoms with Gasteiger partial charge in [-0.25, -0.2) is 0 Å². The zero-order valence-electron chi connectivity index (χ0n) is 9.74. The van der Waals surface area contributed by atoms with Crippen molar-refractivity contribution in [1.82, 2.24) is 5.32 Å². The highest BCUT2D eigenvalue weighted by molar-refractivity contribution is 5.68. The van der Waals surface area contributed by atoms with E-state index in [1.54, 1.807) is 0 Å². The van der Waals surface area contributed by atoms with Crippen LogP contribution in [-0.4, -0.2) is 30.8 Å². The van der Waals surface area contributed by atoms with Crippen molar-refractivity contribution < 1.29 is 14.6 Å². The van der Waals surface area contributed by atoms with Gasteiger partial charge in [0.2, 0.25) is 0 Å². The summed E-state index contributed by atoms with van der Waals surface area (Å²) in [5.74, 6) is 0.0327. The van der Waals surface area contributed by atoms with E-state index in [2.05, 4.69) is 17.4 Å². The summed E-state index contributed by atoms with van der Waals surface area (Å²) in [6.45, 7) is 1.02. The quantitative estimate of drug-likeness (QED) is 0.728. The Balaban J connectivity index is 1.74. The van der Waals surface area contributed by atoms with Gasteiger partial charge in [-0.3, -0.25) is 4.79 Å². The van der Waals surface area contributed by atoms with Crippen LogP contribution in [0.2, 0.25) is 0 Å². The molecule has 92 valence electrons. The number of carboxylic acid groups (broad SMARTS) is 1. The zero-order valence-corrected chi connectivity index (χ0v) is 9.74. The van der Waals surface area contributed by atoms with Gasteiger partial charge in [0.1, 0.15) is 12.4 Å². The molecule has 2 N–H and O–H groups in total. The predicted molar refractivity (Wildman–Crippen MR) is 64.5 cm³/mol. The van der Waals surface area contributed by atoms with Gasteiger partial charge in [0.15, 0.2) is 0 Å². The van der Waals surface area contributed by atoms with Crippen LogP contribution >= 0.6 is 0 Å². The topological polar surface area (TPSA) is 58.6 Å². The van der Waals surface area contributed by atoms with Crippen LogP contribution < -0.4 is 10.1 Å². The molecular formula is C13H17NO3. The lowest BCUT2D eigenvalue weighted by molar-refractivity contribution is -0.135. The minimum Gasteiger partial charge on any atom is -0.492 e. The number of hydrogen-bond acceptors (Lipinski definition) is 3. The molecule has 2 rings (SSSR count). The van der Waals surface area contributed by atoms with Crippen LogP contribution in [0.4, 0.5) is 0 Å². The maximum Gasteiger partial charge on any atom is 0.317 e. The van der Waals surface area contributed by atoms with E-state index in [0.717, 1.165) is 12.2 Å². The molecule has 0 aliphatic heterocycles. The Bertz CT molecular complexity index is 404. The van der Waals surface area contributed by atoms with Crippen LogP contribution in [0.25, 0.3) is 0 Å². The number of carbonyl (C=O) groups is 1. The maximum absolute atomic E-state index is 10.3. The molecule has 1 aromatic rings. The first kappa shape index (κ1) is 11.9. The molecule has 0 fully saturated rings. The molecule has 0 radical (unpaired) electrons. The summed E-state index contributed by atoms with van der Waals surface area (Å²) in [6.07, 6.45) is 3.55. The van der Waals surface area contributed by atoms with Gasteiger partial charge >= 0.3 is 5.97 Å². The Hall–Kier alpha value is -1.55. The van der Waals surface area contributed by atoms with Crippen molar-refractivity contribution in [3.63, 3.8) is 0 Å². The van der Waals surface area contributed by atoms with Crippen LogP contribution in [0, 0.1) is 0 Å². The SMILES string of the molecule is O=C(O)CNCCOc1ccc2c(c1)CCC2. The normalized spacial score (nSPS) is 13.4. The Morgan fingerprint density at radius 2 is 2.18 bits per heavy atom. The summed E-state index contributed by atoms with van der Waals surface area (Å²) in [6, 6.07) is 6.21. The minimum absolute atomic E-state index is 0.0203. The van der Waals surface area contributed by atoms with Gasteiger partial charge in [-0.1, -0.05) is 6.07 Å². The average molecular weight is 235 g/mol. The molecule has 4 heteroatoms. The third kappa shape index (κ3) is 3.46. The third-order valence-corrected chi connectivity index (χ3v) is 2.89. The first-order chi connectivity index (χ1) is 8.25. The van der Waals surface area contributed by atoms with Gasteiger partial charge < -0.3 is 15.2 Å². The number of hydrogen-bond donors (Lipinski definition) is 2. The highest BCUT2D eigenvalue weighted by Crippen LogP contribution is 2.25. The number of rotatable bonds is 6. The monoisotopic (exact) mass is 235 g/mol. The molecule has 0 saturated carbocycles. The second-order valence-electron chi connectivity index (χ2n) is 4.20. The van der Waals surface area contributed by atoms with E-state index in [0.29, 0.717) is 13.2 Å². The lowest BCUT2D eigenvalue weighted by Gasteiger charge is -2.08. The zero-order chi connectivity index (χ0) is 12.1. The maximum atomic E-state index is 10.3. The molecule has 0 spiro atoms. The number of fused-ring (bicyclic) bond motifs is 1. The summed E-state index contributed by atoms with van der Waals surface area (Å²) in [5, 5.41) is 11.2. The van der Waals surface area contributed by atoms with E-state index >= 15 is 0 Å². The first-order valence-electron chi connectivity index (χ1n) is 5.93. The fraction of sp³-hybridized carbons (Fsp3) is 0.462. The minimum atomic E-state index is -0.845. The van der Waals surface area contributed by atoms with Gasteiger partial charge in [0.05, 0.1) is 6.54 Å². The van der Waals surface area contributed by atoms with Crippen molar-refractivity contribution in [2.75, 3.05) is 19.7 Å². The van der Waals surface area contributed by atoms with E-state index in [9.17, 15) is 4.79 Å². The lowest BCUT2D eigenvalue weighted by atomic mass is 10.1. The second-order valence-corrected chi connectivity index (χ2v) is 4.20. The fourth-order valence-corrected chi connectivity index (χ4v) is 2.07. The molecule has 0 bridgehead atoms.